The lowest BCUT2D eigenvalue weighted by molar-refractivity contribution is -0.133. The van der Waals surface area contributed by atoms with E-state index in [0.29, 0.717) is 6.61 Å². The zero-order valence-corrected chi connectivity index (χ0v) is 9.34. The summed E-state index contributed by atoms with van der Waals surface area (Å²) in [6.45, 7) is 1.40. The van der Waals surface area contributed by atoms with Crippen molar-refractivity contribution in [3.05, 3.63) is 0 Å². The molecule has 2 aliphatic rings. The SMILES string of the molecule is NC1(C(=O)C2CCCOC2)CCCCC1. The number of carbonyl (C=O) groups is 1. The minimum Gasteiger partial charge on any atom is -0.381 e. The maximum Gasteiger partial charge on any atom is 0.158 e. The van der Waals surface area contributed by atoms with Crippen molar-refractivity contribution in [2.45, 2.75) is 50.5 Å². The number of rotatable bonds is 2. The predicted molar refractivity (Wildman–Crippen MR) is 58.6 cm³/mol. The first-order chi connectivity index (χ1) is 7.22. The van der Waals surface area contributed by atoms with Crippen LogP contribution in [0.25, 0.3) is 0 Å². The molecule has 2 N–H and O–H groups in total. The predicted octanol–water partition coefficient (Wildman–Crippen LogP) is 1.64. The Bertz CT molecular complexity index is 228. The molecule has 2 fully saturated rings. The molecule has 3 nitrogen and oxygen atoms in total. The second-order valence-electron chi connectivity index (χ2n) is 5.00. The summed E-state index contributed by atoms with van der Waals surface area (Å²) in [5.41, 5.74) is 5.70. The lowest BCUT2D eigenvalue weighted by atomic mass is 9.74. The fraction of sp³-hybridized carbons (Fsp3) is 0.917. The molecule has 2 rings (SSSR count). The normalized spacial score (nSPS) is 31.1. The van der Waals surface area contributed by atoms with Gasteiger partial charge in [0.05, 0.1) is 12.1 Å². The molecule has 1 atom stereocenters. The summed E-state index contributed by atoms with van der Waals surface area (Å²) in [5, 5.41) is 0. The summed E-state index contributed by atoms with van der Waals surface area (Å²) in [4.78, 5) is 12.3. The zero-order chi connectivity index (χ0) is 10.7. The Kier molecular flexibility index (Phi) is 3.42. The third kappa shape index (κ3) is 2.40. The van der Waals surface area contributed by atoms with Crippen LogP contribution in [0.5, 0.6) is 0 Å². The van der Waals surface area contributed by atoms with Crippen LogP contribution >= 0.6 is 0 Å². The molecule has 15 heavy (non-hydrogen) atoms. The Hall–Kier alpha value is -0.410. The van der Waals surface area contributed by atoms with Crippen molar-refractivity contribution in [1.82, 2.24) is 0 Å². The Morgan fingerprint density at radius 1 is 1.20 bits per heavy atom. The van der Waals surface area contributed by atoms with Crippen molar-refractivity contribution in [2.24, 2.45) is 11.7 Å². The highest BCUT2D eigenvalue weighted by molar-refractivity contribution is 5.90. The topological polar surface area (TPSA) is 52.3 Å². The maximum atomic E-state index is 12.3. The standard InChI is InChI=1S/C12H21NO2/c13-12(6-2-1-3-7-12)11(14)10-5-4-8-15-9-10/h10H,1-9,13H2. The second-order valence-corrected chi connectivity index (χ2v) is 5.00. The Morgan fingerprint density at radius 3 is 2.53 bits per heavy atom. The number of hydrogen-bond donors (Lipinski definition) is 1. The molecule has 0 aromatic heterocycles. The average Bonchev–Trinajstić information content (AvgIpc) is 2.30. The molecule has 1 aliphatic heterocycles. The third-order valence-corrected chi connectivity index (χ3v) is 3.77. The van der Waals surface area contributed by atoms with Crippen LogP contribution in [0.2, 0.25) is 0 Å². The molecule has 3 heteroatoms. The van der Waals surface area contributed by atoms with Gasteiger partial charge in [-0.1, -0.05) is 19.3 Å². The Balaban J connectivity index is 1.98. The first-order valence-electron chi connectivity index (χ1n) is 6.13. The summed E-state index contributed by atoms with van der Waals surface area (Å²) in [6, 6.07) is 0. The highest BCUT2D eigenvalue weighted by Gasteiger charge is 2.39. The van der Waals surface area contributed by atoms with E-state index in [2.05, 4.69) is 0 Å². The minimum atomic E-state index is -0.524. The number of Topliss-reactive ketones (excluding diaryl/α,β-unsaturated/α-hetero) is 1. The van der Waals surface area contributed by atoms with Gasteiger partial charge in [0.25, 0.3) is 0 Å². The van der Waals surface area contributed by atoms with E-state index >= 15 is 0 Å². The van der Waals surface area contributed by atoms with Crippen molar-refractivity contribution in [3.63, 3.8) is 0 Å². The van der Waals surface area contributed by atoms with E-state index < -0.39 is 5.54 Å². The van der Waals surface area contributed by atoms with E-state index in [-0.39, 0.29) is 11.7 Å². The molecule has 0 radical (unpaired) electrons. The molecule has 1 saturated carbocycles. The van der Waals surface area contributed by atoms with Gasteiger partial charge in [0.15, 0.2) is 5.78 Å². The number of ketones is 1. The van der Waals surface area contributed by atoms with Crippen LogP contribution in [0, 0.1) is 5.92 Å². The molecule has 86 valence electrons. The molecule has 0 aromatic carbocycles. The average molecular weight is 211 g/mol. The van der Waals surface area contributed by atoms with Crippen LogP contribution in [0.1, 0.15) is 44.9 Å². The third-order valence-electron chi connectivity index (χ3n) is 3.77. The van der Waals surface area contributed by atoms with Crippen LogP contribution in [0.4, 0.5) is 0 Å². The summed E-state index contributed by atoms with van der Waals surface area (Å²) in [6.07, 6.45) is 7.17. The van der Waals surface area contributed by atoms with Crippen molar-refractivity contribution in [3.8, 4) is 0 Å². The van der Waals surface area contributed by atoms with Gasteiger partial charge in [0.1, 0.15) is 0 Å². The Morgan fingerprint density at radius 2 is 1.93 bits per heavy atom. The fourth-order valence-electron chi connectivity index (χ4n) is 2.78. The van der Waals surface area contributed by atoms with Crippen molar-refractivity contribution in [1.29, 1.82) is 0 Å². The number of ether oxygens (including phenoxy) is 1. The van der Waals surface area contributed by atoms with Gasteiger partial charge in [-0.25, -0.2) is 0 Å². The molecule has 0 bridgehead atoms. The molecular formula is C12H21NO2. The zero-order valence-electron chi connectivity index (χ0n) is 9.34. The van der Waals surface area contributed by atoms with Gasteiger partial charge in [0.2, 0.25) is 0 Å². The lowest BCUT2D eigenvalue weighted by Crippen LogP contribution is -2.53. The number of carbonyl (C=O) groups excluding carboxylic acids is 1. The number of nitrogens with two attached hydrogens (primary N) is 1. The van der Waals surface area contributed by atoms with E-state index in [1.54, 1.807) is 0 Å². The van der Waals surface area contributed by atoms with Gasteiger partial charge in [-0.15, -0.1) is 0 Å². The van der Waals surface area contributed by atoms with Crippen molar-refractivity contribution >= 4 is 5.78 Å². The van der Waals surface area contributed by atoms with Gasteiger partial charge >= 0.3 is 0 Å². The van der Waals surface area contributed by atoms with Gasteiger partial charge in [-0.2, -0.15) is 0 Å². The van der Waals surface area contributed by atoms with E-state index in [0.717, 1.165) is 45.1 Å². The smallest absolute Gasteiger partial charge is 0.158 e. The second kappa shape index (κ2) is 4.62. The monoisotopic (exact) mass is 211 g/mol. The van der Waals surface area contributed by atoms with Crippen molar-refractivity contribution < 1.29 is 9.53 Å². The molecule has 0 spiro atoms. The van der Waals surface area contributed by atoms with E-state index in [9.17, 15) is 4.79 Å². The molecular weight excluding hydrogens is 190 g/mol. The molecule has 1 aliphatic carbocycles. The first-order valence-corrected chi connectivity index (χ1v) is 6.13. The van der Waals surface area contributed by atoms with Crippen LogP contribution in [0.15, 0.2) is 0 Å². The summed E-state index contributed by atoms with van der Waals surface area (Å²) >= 11 is 0. The summed E-state index contributed by atoms with van der Waals surface area (Å²) in [5.74, 6) is 0.337. The summed E-state index contributed by atoms with van der Waals surface area (Å²) < 4.78 is 5.36. The Labute approximate surface area is 91.4 Å². The number of hydrogen-bond acceptors (Lipinski definition) is 3. The van der Waals surface area contributed by atoms with Gasteiger partial charge in [-0.05, 0) is 25.7 Å². The van der Waals surface area contributed by atoms with E-state index in [1.807, 2.05) is 0 Å². The van der Waals surface area contributed by atoms with Crippen LogP contribution in [-0.2, 0) is 9.53 Å². The quantitative estimate of drug-likeness (QED) is 0.755. The lowest BCUT2D eigenvalue weighted by Gasteiger charge is -2.35. The molecule has 1 heterocycles. The summed E-state index contributed by atoms with van der Waals surface area (Å²) in [7, 11) is 0. The first kappa shape index (κ1) is 11.1. The van der Waals surface area contributed by atoms with Gasteiger partial charge in [0, 0.05) is 12.5 Å². The minimum absolute atomic E-state index is 0.0712. The van der Waals surface area contributed by atoms with Gasteiger partial charge in [-0.3, -0.25) is 4.79 Å². The maximum absolute atomic E-state index is 12.3. The van der Waals surface area contributed by atoms with Crippen LogP contribution in [0.3, 0.4) is 0 Å². The molecule has 1 saturated heterocycles. The largest absolute Gasteiger partial charge is 0.381 e. The van der Waals surface area contributed by atoms with Gasteiger partial charge < -0.3 is 10.5 Å². The molecule has 0 amide bonds. The van der Waals surface area contributed by atoms with E-state index in [1.165, 1.54) is 6.42 Å². The fourth-order valence-corrected chi connectivity index (χ4v) is 2.78. The highest BCUT2D eigenvalue weighted by Crippen LogP contribution is 2.31. The molecule has 1 unspecified atom stereocenters. The molecule has 0 aromatic rings. The highest BCUT2D eigenvalue weighted by atomic mass is 16.5. The van der Waals surface area contributed by atoms with E-state index in [4.69, 9.17) is 10.5 Å². The van der Waals surface area contributed by atoms with Crippen molar-refractivity contribution in [2.75, 3.05) is 13.2 Å². The van der Waals surface area contributed by atoms with Crippen LogP contribution in [-0.4, -0.2) is 24.5 Å². The van der Waals surface area contributed by atoms with Crippen LogP contribution < -0.4 is 5.73 Å².